The van der Waals surface area contributed by atoms with Crippen LogP contribution in [-0.4, -0.2) is 57.8 Å². The maximum atomic E-state index is 12.6. The lowest BCUT2D eigenvalue weighted by molar-refractivity contribution is -0.308. The first-order valence-corrected chi connectivity index (χ1v) is 11.2. The first-order chi connectivity index (χ1) is 14.9. The van der Waals surface area contributed by atoms with Crippen LogP contribution in [0.1, 0.15) is 12.8 Å². The van der Waals surface area contributed by atoms with Gasteiger partial charge >= 0.3 is 18.4 Å². The molecule has 2 aromatic rings. The minimum atomic E-state index is -5.78. The van der Waals surface area contributed by atoms with Crippen LogP contribution < -0.4 is 4.31 Å². The molecule has 1 fully saturated rings. The van der Waals surface area contributed by atoms with Crippen LogP contribution in [0.3, 0.4) is 0 Å². The molecule has 0 aliphatic carbocycles. The van der Waals surface area contributed by atoms with E-state index in [0.29, 0.717) is 5.69 Å². The van der Waals surface area contributed by atoms with Crippen molar-refractivity contribution in [3.8, 4) is 0 Å². The van der Waals surface area contributed by atoms with Gasteiger partial charge in [-0.3, -0.25) is 4.21 Å². The number of anilines is 1. The zero-order valence-electron chi connectivity index (χ0n) is 16.2. The molecule has 2 heterocycles. The molecular weight excluding hydrogens is 486 g/mol. The molecule has 0 radical (unpaired) electrons. The Balaban J connectivity index is 1.62. The molecular formula is C18H17F6N2O4S2-. The van der Waals surface area contributed by atoms with Crippen molar-refractivity contribution >= 4 is 44.5 Å². The molecule has 1 saturated heterocycles. The van der Waals surface area contributed by atoms with Gasteiger partial charge in [0.05, 0.1) is 5.69 Å². The number of fused-ring (bicyclic) bond motifs is 1. The van der Waals surface area contributed by atoms with Gasteiger partial charge in [-0.1, -0.05) is 18.2 Å². The fraction of sp³-hybridized carbons (Fsp3) is 0.500. The van der Waals surface area contributed by atoms with E-state index in [-0.39, 0.29) is 38.4 Å². The maximum Gasteiger partial charge on any atom is 0.434 e. The van der Waals surface area contributed by atoms with E-state index >= 15 is 0 Å². The van der Waals surface area contributed by atoms with E-state index in [0.717, 1.165) is 15.0 Å². The second kappa shape index (κ2) is 9.43. The Morgan fingerprint density at radius 3 is 2.34 bits per heavy atom. The quantitative estimate of drug-likeness (QED) is 0.432. The van der Waals surface area contributed by atoms with E-state index in [1.54, 1.807) is 17.5 Å². The highest BCUT2D eigenvalue weighted by molar-refractivity contribution is 7.80. The number of ether oxygens (including phenoxy) is 1. The first-order valence-electron chi connectivity index (χ1n) is 9.30. The molecule has 6 nitrogen and oxygen atoms in total. The van der Waals surface area contributed by atoms with Gasteiger partial charge in [0.15, 0.2) is 0 Å². The third-order valence-electron chi connectivity index (χ3n) is 5.02. The Bertz CT molecular complexity index is 958. The molecule has 0 bridgehead atoms. The van der Waals surface area contributed by atoms with Crippen molar-refractivity contribution in [2.75, 3.05) is 23.9 Å². The third kappa shape index (κ3) is 5.64. The van der Waals surface area contributed by atoms with Crippen LogP contribution in [0.5, 0.6) is 0 Å². The summed E-state index contributed by atoms with van der Waals surface area (Å²) in [5, 5.41) is 2.44. The molecule has 1 aliphatic rings. The van der Waals surface area contributed by atoms with Crippen molar-refractivity contribution in [3.05, 3.63) is 29.6 Å². The molecule has 1 atom stereocenters. The van der Waals surface area contributed by atoms with Crippen LogP contribution in [0.4, 0.5) is 36.8 Å². The van der Waals surface area contributed by atoms with E-state index in [4.69, 9.17) is 0 Å². The number of carbonyl (C=O) groups is 1. The monoisotopic (exact) mass is 503 g/mol. The molecule has 0 N–H and O–H groups in total. The van der Waals surface area contributed by atoms with Gasteiger partial charge in [-0.15, -0.1) is 11.3 Å². The molecule has 0 saturated carbocycles. The number of piperidine rings is 1. The largest absolute Gasteiger partial charge is 0.755 e. The molecule has 1 amide bonds. The summed E-state index contributed by atoms with van der Waals surface area (Å²) in [6.45, 7) is -0.251. The molecule has 32 heavy (non-hydrogen) atoms. The second-order valence-corrected chi connectivity index (χ2v) is 8.96. The summed E-state index contributed by atoms with van der Waals surface area (Å²) in [6.07, 6.45) is -17.1. The van der Waals surface area contributed by atoms with Crippen LogP contribution in [0.25, 0.3) is 10.1 Å². The summed E-state index contributed by atoms with van der Waals surface area (Å²) in [7, 11) is 0. The lowest BCUT2D eigenvalue weighted by atomic mass is 9.97. The minimum Gasteiger partial charge on any atom is -0.755 e. The number of benzene rings is 1. The number of thiophene rings is 1. The van der Waals surface area contributed by atoms with Crippen molar-refractivity contribution in [1.29, 1.82) is 0 Å². The van der Waals surface area contributed by atoms with E-state index in [1.165, 1.54) is 15.6 Å². The highest BCUT2D eigenvalue weighted by atomic mass is 32.2. The number of alkyl halides is 6. The first kappa shape index (κ1) is 24.6. The molecule has 1 unspecified atom stereocenters. The van der Waals surface area contributed by atoms with Crippen LogP contribution in [0.2, 0.25) is 0 Å². The van der Waals surface area contributed by atoms with Crippen LogP contribution >= 0.6 is 11.3 Å². The van der Waals surface area contributed by atoms with Gasteiger partial charge in [0.25, 0.3) is 6.10 Å². The standard InChI is InChI=1S/C18H18F6N2O4S2/c19-17(20,21)15(18(22,23)24)30-16(27)25-7-5-11(6-8-25)9-26(32(28)29)13-10-31-14-4-2-1-3-12(13)14/h1-4,10-11,15H,5-9H2,(H,28,29)/p-1. The number of carbonyl (C=O) groups excluding carboxylic acids is 1. The van der Waals surface area contributed by atoms with E-state index in [2.05, 4.69) is 4.74 Å². The predicted octanol–water partition coefficient (Wildman–Crippen LogP) is 4.84. The summed E-state index contributed by atoms with van der Waals surface area (Å²) in [5.74, 6) is -0.253. The van der Waals surface area contributed by atoms with Crippen molar-refractivity contribution < 1.29 is 44.6 Å². The highest BCUT2D eigenvalue weighted by Crippen LogP contribution is 2.37. The van der Waals surface area contributed by atoms with Gasteiger partial charge < -0.3 is 18.5 Å². The van der Waals surface area contributed by atoms with E-state index in [1.807, 2.05) is 12.1 Å². The number of hydrogen-bond donors (Lipinski definition) is 0. The molecule has 1 aliphatic heterocycles. The Kier molecular flexibility index (Phi) is 7.25. The van der Waals surface area contributed by atoms with Crippen molar-refractivity contribution in [2.45, 2.75) is 31.3 Å². The number of amides is 1. The number of nitrogens with zero attached hydrogens (tertiary/aromatic N) is 2. The molecule has 14 heteroatoms. The summed E-state index contributed by atoms with van der Waals surface area (Å²) < 4.78 is 105. The number of likely N-dealkylation sites (tertiary alicyclic amines) is 1. The molecule has 1 aromatic heterocycles. The van der Waals surface area contributed by atoms with Crippen LogP contribution in [0, 0.1) is 5.92 Å². The van der Waals surface area contributed by atoms with Gasteiger partial charge in [-0.05, 0) is 24.8 Å². The topological polar surface area (TPSA) is 72.9 Å². The van der Waals surface area contributed by atoms with Crippen LogP contribution in [-0.2, 0) is 16.0 Å². The van der Waals surface area contributed by atoms with Crippen molar-refractivity contribution in [1.82, 2.24) is 4.90 Å². The SMILES string of the molecule is O=C(OC(C(F)(F)F)C(F)(F)F)N1CCC(CN(c2csc3ccccc23)S(=O)[O-])CC1. The zero-order chi connectivity index (χ0) is 23.7. The number of rotatable bonds is 5. The fourth-order valence-corrected chi connectivity index (χ4v) is 5.08. The molecule has 178 valence electrons. The Labute approximate surface area is 185 Å². The average molecular weight is 503 g/mol. The summed E-state index contributed by atoms with van der Waals surface area (Å²) in [5.41, 5.74) is 0.485. The Morgan fingerprint density at radius 1 is 1.19 bits per heavy atom. The average Bonchev–Trinajstić information content (AvgIpc) is 3.12. The normalized spacial score (nSPS) is 17.1. The summed E-state index contributed by atoms with van der Waals surface area (Å²) in [6, 6.07) is 7.20. The Hall–Kier alpha value is -2.06. The predicted molar refractivity (Wildman–Crippen MR) is 105 cm³/mol. The second-order valence-electron chi connectivity index (χ2n) is 7.17. The van der Waals surface area contributed by atoms with Crippen LogP contribution in [0.15, 0.2) is 29.6 Å². The smallest absolute Gasteiger partial charge is 0.434 e. The molecule has 3 rings (SSSR count). The van der Waals surface area contributed by atoms with Crippen molar-refractivity contribution in [2.24, 2.45) is 5.92 Å². The number of halogens is 6. The zero-order valence-corrected chi connectivity index (χ0v) is 17.8. The lowest BCUT2D eigenvalue weighted by Crippen LogP contribution is -2.49. The van der Waals surface area contributed by atoms with Gasteiger partial charge in [0, 0.05) is 46.4 Å². The number of hydrogen-bond acceptors (Lipinski definition) is 5. The highest BCUT2D eigenvalue weighted by Gasteiger charge is 2.60. The summed E-state index contributed by atoms with van der Waals surface area (Å²) >= 11 is -1.23. The van der Waals surface area contributed by atoms with E-state index < -0.39 is 35.8 Å². The molecule has 1 aromatic carbocycles. The van der Waals surface area contributed by atoms with Gasteiger partial charge in [0.1, 0.15) is 0 Å². The minimum absolute atomic E-state index is 0.0629. The molecule has 0 spiro atoms. The maximum absolute atomic E-state index is 12.6. The van der Waals surface area contributed by atoms with Crippen molar-refractivity contribution in [3.63, 3.8) is 0 Å². The lowest BCUT2D eigenvalue weighted by Gasteiger charge is -2.36. The van der Waals surface area contributed by atoms with E-state index in [9.17, 15) is 39.9 Å². The van der Waals surface area contributed by atoms with Gasteiger partial charge in [-0.25, -0.2) is 4.79 Å². The van der Waals surface area contributed by atoms with Gasteiger partial charge in [0.2, 0.25) is 0 Å². The Morgan fingerprint density at radius 2 is 1.78 bits per heavy atom. The summed E-state index contributed by atoms with van der Waals surface area (Å²) in [4.78, 5) is 12.6. The van der Waals surface area contributed by atoms with Gasteiger partial charge in [-0.2, -0.15) is 26.3 Å². The fourth-order valence-electron chi connectivity index (χ4n) is 3.42. The third-order valence-corrected chi connectivity index (χ3v) is 6.68.